The Hall–Kier alpha value is -0.380. The highest BCUT2D eigenvalue weighted by Crippen LogP contribution is 2.30. The fourth-order valence-corrected chi connectivity index (χ4v) is 3.26. The zero-order chi connectivity index (χ0) is 12.3. The van der Waals surface area contributed by atoms with Gasteiger partial charge < -0.3 is 5.32 Å². The van der Waals surface area contributed by atoms with Crippen LogP contribution in [0.1, 0.15) is 42.0 Å². The maximum Gasteiger partial charge on any atom is 0.0299 e. The molecule has 1 N–H and O–H groups in total. The first-order chi connectivity index (χ1) is 8.24. The molecule has 1 aliphatic carbocycles. The van der Waals surface area contributed by atoms with E-state index in [1.165, 1.54) is 34.7 Å². The SMILES string of the molecule is CCNCc1cc(CN(CC)C2CC2)c(C)s1. The van der Waals surface area contributed by atoms with Gasteiger partial charge in [0.2, 0.25) is 0 Å². The van der Waals surface area contributed by atoms with Crippen LogP contribution in [0.2, 0.25) is 0 Å². The quantitative estimate of drug-likeness (QED) is 0.802. The maximum atomic E-state index is 3.40. The van der Waals surface area contributed by atoms with Gasteiger partial charge in [-0.3, -0.25) is 4.90 Å². The van der Waals surface area contributed by atoms with E-state index in [0.717, 1.165) is 25.7 Å². The fourth-order valence-electron chi connectivity index (χ4n) is 2.24. The lowest BCUT2D eigenvalue weighted by Gasteiger charge is -2.19. The molecule has 0 bridgehead atoms. The van der Waals surface area contributed by atoms with Crippen LogP contribution < -0.4 is 5.32 Å². The van der Waals surface area contributed by atoms with Crippen molar-refractivity contribution in [2.75, 3.05) is 13.1 Å². The summed E-state index contributed by atoms with van der Waals surface area (Å²) in [5, 5.41) is 3.40. The maximum absolute atomic E-state index is 3.40. The zero-order valence-corrected chi connectivity index (χ0v) is 12.1. The van der Waals surface area contributed by atoms with Crippen LogP contribution in [0, 0.1) is 6.92 Å². The minimum absolute atomic E-state index is 0.872. The molecule has 1 aromatic heterocycles. The monoisotopic (exact) mass is 252 g/mol. The molecule has 0 spiro atoms. The van der Waals surface area contributed by atoms with E-state index < -0.39 is 0 Å². The molecule has 0 atom stereocenters. The van der Waals surface area contributed by atoms with Crippen molar-refractivity contribution in [3.63, 3.8) is 0 Å². The molecular weight excluding hydrogens is 228 g/mol. The van der Waals surface area contributed by atoms with Crippen LogP contribution in [0.4, 0.5) is 0 Å². The molecule has 1 aromatic rings. The third-order valence-corrected chi connectivity index (χ3v) is 4.56. The van der Waals surface area contributed by atoms with Gasteiger partial charge in [-0.2, -0.15) is 0 Å². The van der Waals surface area contributed by atoms with Crippen molar-refractivity contribution in [3.05, 3.63) is 21.4 Å². The van der Waals surface area contributed by atoms with E-state index in [4.69, 9.17) is 0 Å². The van der Waals surface area contributed by atoms with Crippen molar-refractivity contribution in [1.29, 1.82) is 0 Å². The predicted octanol–water partition coefficient (Wildman–Crippen LogP) is 3.15. The van der Waals surface area contributed by atoms with Crippen molar-refractivity contribution in [2.24, 2.45) is 0 Å². The van der Waals surface area contributed by atoms with Crippen molar-refractivity contribution >= 4 is 11.3 Å². The van der Waals surface area contributed by atoms with Crippen LogP contribution in [-0.2, 0) is 13.1 Å². The lowest BCUT2D eigenvalue weighted by molar-refractivity contribution is 0.269. The second-order valence-corrected chi connectivity index (χ2v) is 6.21. The Morgan fingerprint density at radius 3 is 2.76 bits per heavy atom. The Labute approximate surface area is 109 Å². The summed E-state index contributed by atoms with van der Waals surface area (Å²) < 4.78 is 0. The summed E-state index contributed by atoms with van der Waals surface area (Å²) in [4.78, 5) is 5.59. The second-order valence-electron chi connectivity index (χ2n) is 4.87. The van der Waals surface area contributed by atoms with Crippen molar-refractivity contribution in [1.82, 2.24) is 10.2 Å². The first kappa shape index (κ1) is 13.1. The van der Waals surface area contributed by atoms with Gasteiger partial charge in [-0.15, -0.1) is 11.3 Å². The van der Waals surface area contributed by atoms with Gasteiger partial charge >= 0.3 is 0 Å². The molecule has 0 unspecified atom stereocenters. The highest BCUT2D eigenvalue weighted by Gasteiger charge is 2.28. The van der Waals surface area contributed by atoms with Crippen molar-refractivity contribution in [3.8, 4) is 0 Å². The molecule has 0 aliphatic heterocycles. The molecule has 2 rings (SSSR count). The number of aryl methyl sites for hydroxylation is 1. The van der Waals surface area contributed by atoms with E-state index in [2.05, 4.69) is 37.1 Å². The third kappa shape index (κ3) is 3.54. The van der Waals surface area contributed by atoms with Gasteiger partial charge in [0.1, 0.15) is 0 Å². The summed E-state index contributed by atoms with van der Waals surface area (Å²) in [5.74, 6) is 0. The Kier molecular flexibility index (Phi) is 4.60. The predicted molar refractivity (Wildman–Crippen MR) is 75.5 cm³/mol. The van der Waals surface area contributed by atoms with Gasteiger partial charge in [-0.05, 0) is 44.5 Å². The molecule has 0 saturated heterocycles. The first-order valence-electron chi connectivity index (χ1n) is 6.77. The Bertz CT molecular complexity index is 355. The molecule has 1 aliphatic rings. The lowest BCUT2D eigenvalue weighted by Crippen LogP contribution is -2.25. The van der Waals surface area contributed by atoms with Crippen molar-refractivity contribution < 1.29 is 0 Å². The van der Waals surface area contributed by atoms with E-state index in [1.54, 1.807) is 0 Å². The summed E-state index contributed by atoms with van der Waals surface area (Å²) in [7, 11) is 0. The van der Waals surface area contributed by atoms with Crippen LogP contribution in [0.5, 0.6) is 0 Å². The molecule has 0 aromatic carbocycles. The Morgan fingerprint density at radius 1 is 1.41 bits per heavy atom. The molecule has 1 saturated carbocycles. The number of nitrogens with one attached hydrogen (secondary N) is 1. The average molecular weight is 252 g/mol. The van der Waals surface area contributed by atoms with Crippen LogP contribution in [0.25, 0.3) is 0 Å². The lowest BCUT2D eigenvalue weighted by atomic mass is 10.2. The van der Waals surface area contributed by atoms with Crippen LogP contribution in [0.15, 0.2) is 6.07 Å². The zero-order valence-electron chi connectivity index (χ0n) is 11.3. The third-order valence-electron chi connectivity index (χ3n) is 3.46. The Balaban J connectivity index is 1.96. The Morgan fingerprint density at radius 2 is 2.18 bits per heavy atom. The molecule has 17 heavy (non-hydrogen) atoms. The van der Waals surface area contributed by atoms with Gasteiger partial charge in [0, 0.05) is 28.9 Å². The summed E-state index contributed by atoms with van der Waals surface area (Å²) in [5.41, 5.74) is 1.54. The summed E-state index contributed by atoms with van der Waals surface area (Å²) >= 11 is 1.95. The second kappa shape index (κ2) is 5.98. The first-order valence-corrected chi connectivity index (χ1v) is 7.59. The number of hydrogen-bond acceptors (Lipinski definition) is 3. The van der Waals surface area contributed by atoms with E-state index in [9.17, 15) is 0 Å². The molecule has 0 amide bonds. The smallest absolute Gasteiger partial charge is 0.0299 e. The number of thiophene rings is 1. The molecule has 1 heterocycles. The summed E-state index contributed by atoms with van der Waals surface area (Å²) in [6.45, 7) is 11.1. The average Bonchev–Trinajstić information content (AvgIpc) is 3.10. The van der Waals surface area contributed by atoms with Gasteiger partial charge in [-0.1, -0.05) is 13.8 Å². The van der Waals surface area contributed by atoms with Gasteiger partial charge in [0.15, 0.2) is 0 Å². The molecule has 2 nitrogen and oxygen atoms in total. The molecule has 96 valence electrons. The number of hydrogen-bond donors (Lipinski definition) is 1. The summed E-state index contributed by atoms with van der Waals surface area (Å²) in [6, 6.07) is 3.27. The van der Waals surface area contributed by atoms with Crippen LogP contribution in [0.3, 0.4) is 0 Å². The minimum Gasteiger partial charge on any atom is -0.312 e. The largest absolute Gasteiger partial charge is 0.312 e. The highest BCUT2D eigenvalue weighted by molar-refractivity contribution is 7.12. The summed E-state index contributed by atoms with van der Waals surface area (Å²) in [6.07, 6.45) is 2.81. The fraction of sp³-hybridized carbons (Fsp3) is 0.714. The van der Waals surface area contributed by atoms with Gasteiger partial charge in [0.25, 0.3) is 0 Å². The highest BCUT2D eigenvalue weighted by atomic mass is 32.1. The van der Waals surface area contributed by atoms with E-state index in [0.29, 0.717) is 0 Å². The van der Waals surface area contributed by atoms with E-state index in [1.807, 2.05) is 11.3 Å². The minimum atomic E-state index is 0.872. The van der Waals surface area contributed by atoms with Crippen molar-refractivity contribution in [2.45, 2.75) is 52.7 Å². The van der Waals surface area contributed by atoms with Crippen LogP contribution >= 0.6 is 11.3 Å². The molecule has 3 heteroatoms. The van der Waals surface area contributed by atoms with E-state index in [-0.39, 0.29) is 0 Å². The van der Waals surface area contributed by atoms with Crippen LogP contribution in [-0.4, -0.2) is 24.0 Å². The topological polar surface area (TPSA) is 15.3 Å². The molecule has 1 fully saturated rings. The molecule has 0 radical (unpaired) electrons. The molecular formula is C14H24N2S. The van der Waals surface area contributed by atoms with Gasteiger partial charge in [0.05, 0.1) is 0 Å². The number of nitrogens with zero attached hydrogens (tertiary/aromatic N) is 1. The van der Waals surface area contributed by atoms with Gasteiger partial charge in [-0.25, -0.2) is 0 Å². The van der Waals surface area contributed by atoms with E-state index >= 15 is 0 Å². The standard InChI is InChI=1S/C14H24N2S/c1-4-15-9-14-8-12(11(3)17-14)10-16(5-2)13-6-7-13/h8,13,15H,4-7,9-10H2,1-3H3. The normalized spacial score (nSPS) is 15.8. The number of rotatable bonds is 7.